The SMILES string of the molecule is CCOC(=O)Nc1ccc(NCc2cn(C)nc2C)cc1. The Balaban J connectivity index is 1.90. The average molecular weight is 288 g/mol. The highest BCUT2D eigenvalue weighted by atomic mass is 16.5. The van der Waals surface area contributed by atoms with Crippen LogP contribution in [0.4, 0.5) is 16.2 Å². The van der Waals surface area contributed by atoms with Gasteiger partial charge in [0.2, 0.25) is 0 Å². The van der Waals surface area contributed by atoms with Crippen LogP contribution in [0, 0.1) is 6.92 Å². The molecule has 2 N–H and O–H groups in total. The zero-order chi connectivity index (χ0) is 15.2. The van der Waals surface area contributed by atoms with E-state index in [9.17, 15) is 4.79 Å². The largest absolute Gasteiger partial charge is 0.450 e. The second-order valence-corrected chi connectivity index (χ2v) is 4.69. The Morgan fingerprint density at radius 2 is 1.95 bits per heavy atom. The third kappa shape index (κ3) is 4.24. The second kappa shape index (κ2) is 6.78. The molecule has 6 heteroatoms. The van der Waals surface area contributed by atoms with Gasteiger partial charge in [0.1, 0.15) is 0 Å². The summed E-state index contributed by atoms with van der Waals surface area (Å²) in [6.45, 7) is 4.83. The Hall–Kier alpha value is -2.50. The fraction of sp³-hybridized carbons (Fsp3) is 0.333. The number of hydrogen-bond acceptors (Lipinski definition) is 4. The van der Waals surface area contributed by atoms with Gasteiger partial charge >= 0.3 is 6.09 Å². The number of carbonyl (C=O) groups is 1. The summed E-state index contributed by atoms with van der Waals surface area (Å²) in [5.74, 6) is 0. The number of benzene rings is 1. The van der Waals surface area contributed by atoms with Gasteiger partial charge in [0, 0.05) is 36.7 Å². The molecular formula is C15H20N4O2. The van der Waals surface area contributed by atoms with Gasteiger partial charge in [-0.25, -0.2) is 4.79 Å². The van der Waals surface area contributed by atoms with Gasteiger partial charge < -0.3 is 10.1 Å². The first-order valence-corrected chi connectivity index (χ1v) is 6.85. The molecule has 0 aliphatic rings. The molecule has 0 spiro atoms. The number of nitrogens with one attached hydrogen (secondary N) is 2. The molecule has 1 heterocycles. The van der Waals surface area contributed by atoms with Crippen LogP contribution in [-0.4, -0.2) is 22.5 Å². The summed E-state index contributed by atoms with van der Waals surface area (Å²) in [6, 6.07) is 7.48. The van der Waals surface area contributed by atoms with Crippen LogP contribution in [0.1, 0.15) is 18.2 Å². The summed E-state index contributed by atoms with van der Waals surface area (Å²) in [4.78, 5) is 11.3. The van der Waals surface area contributed by atoms with Gasteiger partial charge in [-0.15, -0.1) is 0 Å². The van der Waals surface area contributed by atoms with E-state index >= 15 is 0 Å². The van der Waals surface area contributed by atoms with Gasteiger partial charge in [0.25, 0.3) is 0 Å². The number of ether oxygens (including phenoxy) is 1. The number of carbonyl (C=O) groups excluding carboxylic acids is 1. The molecule has 6 nitrogen and oxygen atoms in total. The van der Waals surface area contributed by atoms with Crippen molar-refractivity contribution in [2.24, 2.45) is 7.05 Å². The molecule has 0 aliphatic carbocycles. The predicted molar refractivity (Wildman–Crippen MR) is 82.4 cm³/mol. The van der Waals surface area contributed by atoms with Crippen molar-refractivity contribution in [3.63, 3.8) is 0 Å². The van der Waals surface area contributed by atoms with Crippen LogP contribution in [0.25, 0.3) is 0 Å². The summed E-state index contributed by atoms with van der Waals surface area (Å²) in [7, 11) is 1.91. The molecule has 21 heavy (non-hydrogen) atoms. The fourth-order valence-electron chi connectivity index (χ4n) is 1.98. The third-order valence-electron chi connectivity index (χ3n) is 3.00. The second-order valence-electron chi connectivity index (χ2n) is 4.69. The van der Waals surface area contributed by atoms with E-state index in [2.05, 4.69) is 15.7 Å². The normalized spacial score (nSPS) is 10.2. The molecule has 0 fully saturated rings. The monoisotopic (exact) mass is 288 g/mol. The molecule has 2 aromatic rings. The summed E-state index contributed by atoms with van der Waals surface area (Å²) in [6.07, 6.45) is 1.56. The Morgan fingerprint density at radius 1 is 1.29 bits per heavy atom. The lowest BCUT2D eigenvalue weighted by atomic mass is 10.2. The Bertz CT molecular complexity index is 605. The van der Waals surface area contributed by atoms with E-state index in [1.807, 2.05) is 44.4 Å². The maximum Gasteiger partial charge on any atom is 0.411 e. The molecule has 0 bridgehead atoms. The number of aromatic nitrogens is 2. The van der Waals surface area contributed by atoms with Gasteiger partial charge in [-0.05, 0) is 38.1 Å². The molecular weight excluding hydrogens is 268 g/mol. The topological polar surface area (TPSA) is 68.2 Å². The highest BCUT2D eigenvalue weighted by Gasteiger charge is 2.04. The lowest BCUT2D eigenvalue weighted by molar-refractivity contribution is 0.168. The van der Waals surface area contributed by atoms with Crippen molar-refractivity contribution in [3.05, 3.63) is 41.7 Å². The Morgan fingerprint density at radius 3 is 2.52 bits per heavy atom. The average Bonchev–Trinajstić information content (AvgIpc) is 2.76. The van der Waals surface area contributed by atoms with E-state index in [-0.39, 0.29) is 0 Å². The molecule has 1 aromatic heterocycles. The molecule has 112 valence electrons. The van der Waals surface area contributed by atoms with Gasteiger partial charge in [0.15, 0.2) is 0 Å². The Kier molecular flexibility index (Phi) is 4.81. The molecule has 1 amide bonds. The number of amides is 1. The smallest absolute Gasteiger partial charge is 0.411 e. The highest BCUT2D eigenvalue weighted by Crippen LogP contribution is 2.15. The first-order chi connectivity index (χ1) is 10.1. The number of rotatable bonds is 5. The van der Waals surface area contributed by atoms with Crippen LogP contribution in [0.2, 0.25) is 0 Å². The van der Waals surface area contributed by atoms with Crippen LogP contribution in [0.3, 0.4) is 0 Å². The van der Waals surface area contributed by atoms with E-state index in [0.717, 1.165) is 16.9 Å². The van der Waals surface area contributed by atoms with Crippen molar-refractivity contribution in [3.8, 4) is 0 Å². The molecule has 0 atom stereocenters. The molecule has 2 rings (SSSR count). The maximum absolute atomic E-state index is 11.3. The van der Waals surface area contributed by atoms with Crippen LogP contribution in [-0.2, 0) is 18.3 Å². The third-order valence-corrected chi connectivity index (χ3v) is 3.00. The minimum absolute atomic E-state index is 0.357. The van der Waals surface area contributed by atoms with Crippen LogP contribution in [0.5, 0.6) is 0 Å². The molecule has 1 aromatic carbocycles. The van der Waals surface area contributed by atoms with Gasteiger partial charge in [-0.2, -0.15) is 5.10 Å². The Labute approximate surface area is 124 Å². The number of anilines is 2. The van der Waals surface area contributed by atoms with Crippen molar-refractivity contribution in [1.82, 2.24) is 9.78 Å². The first-order valence-electron chi connectivity index (χ1n) is 6.85. The van der Waals surface area contributed by atoms with Crippen molar-refractivity contribution in [2.45, 2.75) is 20.4 Å². The van der Waals surface area contributed by atoms with Crippen molar-refractivity contribution in [2.75, 3.05) is 17.2 Å². The zero-order valence-corrected chi connectivity index (χ0v) is 12.5. The minimum Gasteiger partial charge on any atom is -0.450 e. The predicted octanol–water partition coefficient (Wildman–Crippen LogP) is 2.91. The lowest BCUT2D eigenvalue weighted by Crippen LogP contribution is -2.13. The summed E-state index contributed by atoms with van der Waals surface area (Å²) < 4.78 is 6.63. The van der Waals surface area contributed by atoms with E-state index in [0.29, 0.717) is 18.8 Å². The molecule has 0 saturated carbocycles. The first kappa shape index (κ1) is 14.9. The van der Waals surface area contributed by atoms with E-state index in [4.69, 9.17) is 4.74 Å². The van der Waals surface area contributed by atoms with E-state index in [1.54, 1.807) is 11.6 Å². The van der Waals surface area contributed by atoms with Gasteiger partial charge in [0.05, 0.1) is 12.3 Å². The van der Waals surface area contributed by atoms with Crippen molar-refractivity contribution in [1.29, 1.82) is 0 Å². The van der Waals surface area contributed by atoms with Crippen molar-refractivity contribution >= 4 is 17.5 Å². The number of hydrogen-bond donors (Lipinski definition) is 2. The van der Waals surface area contributed by atoms with E-state index < -0.39 is 6.09 Å². The number of nitrogens with zero attached hydrogens (tertiary/aromatic N) is 2. The van der Waals surface area contributed by atoms with Crippen LogP contribution < -0.4 is 10.6 Å². The molecule has 0 saturated heterocycles. The summed E-state index contributed by atoms with van der Waals surface area (Å²) >= 11 is 0. The minimum atomic E-state index is -0.441. The van der Waals surface area contributed by atoms with Crippen molar-refractivity contribution < 1.29 is 9.53 Å². The molecule has 0 aliphatic heterocycles. The zero-order valence-electron chi connectivity index (χ0n) is 12.5. The highest BCUT2D eigenvalue weighted by molar-refractivity contribution is 5.84. The number of aryl methyl sites for hydroxylation is 2. The van der Waals surface area contributed by atoms with Gasteiger partial charge in [-0.3, -0.25) is 10.00 Å². The van der Waals surface area contributed by atoms with E-state index in [1.165, 1.54) is 0 Å². The fourth-order valence-corrected chi connectivity index (χ4v) is 1.98. The molecule has 0 radical (unpaired) electrons. The summed E-state index contributed by atoms with van der Waals surface area (Å²) in [5, 5.41) is 10.3. The van der Waals surface area contributed by atoms with Crippen LogP contribution in [0.15, 0.2) is 30.5 Å². The standard InChI is InChI=1S/C15H20N4O2/c1-4-21-15(20)17-14-7-5-13(6-8-14)16-9-12-10-19(3)18-11(12)2/h5-8,10,16H,4,9H2,1-3H3,(H,17,20). The maximum atomic E-state index is 11.3. The summed E-state index contributed by atoms with van der Waals surface area (Å²) in [5.41, 5.74) is 3.86. The van der Waals surface area contributed by atoms with Gasteiger partial charge in [-0.1, -0.05) is 0 Å². The van der Waals surface area contributed by atoms with Crippen LogP contribution >= 0.6 is 0 Å². The lowest BCUT2D eigenvalue weighted by Gasteiger charge is -2.08. The molecule has 0 unspecified atom stereocenters. The quantitative estimate of drug-likeness (QED) is 0.887.